The van der Waals surface area contributed by atoms with E-state index in [-0.39, 0.29) is 11.9 Å². The van der Waals surface area contributed by atoms with E-state index < -0.39 is 0 Å². The molecule has 4 rings (SSSR count). The van der Waals surface area contributed by atoms with Crippen molar-refractivity contribution in [3.63, 3.8) is 0 Å². The summed E-state index contributed by atoms with van der Waals surface area (Å²) in [6.45, 7) is 1.39. The third kappa shape index (κ3) is 3.12. The number of hydrogen-bond donors (Lipinski definition) is 1. The molecule has 0 amide bonds. The molecule has 2 aromatic carbocycles. The van der Waals surface area contributed by atoms with Crippen LogP contribution in [-0.4, -0.2) is 24.3 Å². The Hall–Kier alpha value is -2.60. The zero-order valence-electron chi connectivity index (χ0n) is 12.3. The Morgan fingerprint density at radius 1 is 1.17 bits per heavy atom. The molecular weight excluding hydrogens is 299 g/mol. The maximum atomic E-state index is 13.2. The van der Waals surface area contributed by atoms with E-state index in [1.165, 1.54) is 12.1 Å². The lowest BCUT2D eigenvalue weighted by Gasteiger charge is -2.12. The van der Waals surface area contributed by atoms with Crippen LogP contribution in [0.25, 0.3) is 11.1 Å². The van der Waals surface area contributed by atoms with Gasteiger partial charge in [0.1, 0.15) is 23.2 Å². The number of rotatable bonds is 4. The summed E-state index contributed by atoms with van der Waals surface area (Å²) in [7, 11) is 0. The van der Waals surface area contributed by atoms with Crippen LogP contribution in [0.4, 0.5) is 16.1 Å². The van der Waals surface area contributed by atoms with Gasteiger partial charge in [0.25, 0.3) is 6.01 Å². The first-order valence-corrected chi connectivity index (χ1v) is 7.44. The molecule has 1 N–H and O–H groups in total. The molecule has 0 bridgehead atoms. The van der Waals surface area contributed by atoms with Crippen LogP contribution < -0.4 is 10.1 Å². The van der Waals surface area contributed by atoms with E-state index in [0.717, 1.165) is 24.5 Å². The van der Waals surface area contributed by atoms with E-state index >= 15 is 0 Å². The number of hydrogen-bond acceptors (Lipinski definition) is 5. The van der Waals surface area contributed by atoms with Crippen LogP contribution in [-0.2, 0) is 4.74 Å². The van der Waals surface area contributed by atoms with Crippen molar-refractivity contribution in [2.45, 2.75) is 12.5 Å². The maximum absolute atomic E-state index is 13.2. The van der Waals surface area contributed by atoms with Gasteiger partial charge in [-0.05, 0) is 36.4 Å². The Morgan fingerprint density at radius 2 is 2.04 bits per heavy atom. The van der Waals surface area contributed by atoms with Crippen molar-refractivity contribution >= 4 is 22.8 Å². The molecule has 3 aromatic rings. The van der Waals surface area contributed by atoms with E-state index in [1.807, 2.05) is 24.3 Å². The number of benzene rings is 2. The molecule has 1 saturated heterocycles. The van der Waals surface area contributed by atoms with E-state index in [2.05, 4.69) is 10.3 Å². The quantitative estimate of drug-likeness (QED) is 0.792. The summed E-state index contributed by atoms with van der Waals surface area (Å²) < 4.78 is 29.8. The zero-order chi connectivity index (χ0) is 15.6. The van der Waals surface area contributed by atoms with Crippen LogP contribution in [0.2, 0.25) is 0 Å². The number of nitrogens with zero attached hydrogens (tertiary/aromatic N) is 1. The fourth-order valence-corrected chi connectivity index (χ4v) is 2.49. The number of anilines is 2. The highest BCUT2D eigenvalue weighted by Gasteiger charge is 2.17. The number of oxazole rings is 1. The molecule has 1 aliphatic heterocycles. The van der Waals surface area contributed by atoms with Gasteiger partial charge in [0.2, 0.25) is 0 Å². The van der Waals surface area contributed by atoms with Gasteiger partial charge in [-0.2, -0.15) is 4.98 Å². The van der Waals surface area contributed by atoms with Gasteiger partial charge in [0.15, 0.2) is 5.58 Å². The second-order valence-electron chi connectivity index (χ2n) is 5.38. The van der Waals surface area contributed by atoms with Crippen molar-refractivity contribution in [1.29, 1.82) is 0 Å². The first kappa shape index (κ1) is 14.0. The molecule has 1 aliphatic rings. The van der Waals surface area contributed by atoms with Crippen LogP contribution in [0.3, 0.4) is 0 Å². The molecule has 1 fully saturated rings. The van der Waals surface area contributed by atoms with Gasteiger partial charge in [-0.15, -0.1) is 0 Å². The van der Waals surface area contributed by atoms with E-state index in [9.17, 15) is 4.39 Å². The third-order valence-corrected chi connectivity index (χ3v) is 3.65. The molecular formula is C17H15FN2O3. The monoisotopic (exact) mass is 314 g/mol. The van der Waals surface area contributed by atoms with Gasteiger partial charge >= 0.3 is 0 Å². The molecule has 0 spiro atoms. The Labute approximate surface area is 132 Å². The van der Waals surface area contributed by atoms with Crippen molar-refractivity contribution in [3.05, 3.63) is 48.3 Å². The highest BCUT2D eigenvalue weighted by atomic mass is 19.1. The molecule has 5 nitrogen and oxygen atoms in total. The molecule has 0 aliphatic carbocycles. The minimum Gasteiger partial charge on any atom is -0.488 e. The van der Waals surface area contributed by atoms with Crippen LogP contribution in [0.5, 0.6) is 5.75 Å². The summed E-state index contributed by atoms with van der Waals surface area (Å²) in [6.07, 6.45) is 1.04. The first-order valence-electron chi connectivity index (χ1n) is 7.44. The average molecular weight is 314 g/mol. The number of nitrogens with one attached hydrogen (secondary N) is 1. The van der Waals surface area contributed by atoms with Crippen LogP contribution >= 0.6 is 0 Å². The summed E-state index contributed by atoms with van der Waals surface area (Å²) in [6, 6.07) is 12.1. The summed E-state index contributed by atoms with van der Waals surface area (Å²) >= 11 is 0. The molecule has 1 atom stereocenters. The van der Waals surface area contributed by atoms with Crippen molar-refractivity contribution in [3.8, 4) is 5.75 Å². The van der Waals surface area contributed by atoms with Crippen LogP contribution in [0.1, 0.15) is 6.42 Å². The molecule has 1 unspecified atom stereocenters. The van der Waals surface area contributed by atoms with Gasteiger partial charge in [0, 0.05) is 18.2 Å². The number of fused-ring (bicyclic) bond motifs is 1. The fraction of sp³-hybridized carbons (Fsp3) is 0.235. The van der Waals surface area contributed by atoms with E-state index in [1.54, 1.807) is 6.07 Å². The summed E-state index contributed by atoms with van der Waals surface area (Å²) in [5.74, 6) is 0.459. The minimum absolute atomic E-state index is 0.126. The normalized spacial score (nSPS) is 17.5. The smallest absolute Gasteiger partial charge is 0.300 e. The number of aromatic nitrogens is 1. The van der Waals surface area contributed by atoms with Gasteiger partial charge in [-0.3, -0.25) is 0 Å². The Balaban J connectivity index is 1.46. The minimum atomic E-state index is -0.338. The van der Waals surface area contributed by atoms with Gasteiger partial charge in [-0.1, -0.05) is 0 Å². The number of ether oxygens (including phenoxy) is 2. The third-order valence-electron chi connectivity index (χ3n) is 3.65. The molecule has 118 valence electrons. The largest absolute Gasteiger partial charge is 0.488 e. The molecule has 23 heavy (non-hydrogen) atoms. The summed E-state index contributed by atoms with van der Waals surface area (Å²) in [4.78, 5) is 4.21. The van der Waals surface area contributed by atoms with E-state index in [0.29, 0.717) is 23.7 Å². The van der Waals surface area contributed by atoms with Gasteiger partial charge in [-0.25, -0.2) is 4.39 Å². The lowest BCUT2D eigenvalue weighted by molar-refractivity contribution is 0.141. The van der Waals surface area contributed by atoms with E-state index in [4.69, 9.17) is 13.9 Å². The topological polar surface area (TPSA) is 56.5 Å². The van der Waals surface area contributed by atoms with Crippen molar-refractivity contribution in [2.24, 2.45) is 0 Å². The molecule has 0 saturated carbocycles. The highest BCUT2D eigenvalue weighted by Crippen LogP contribution is 2.25. The standard InChI is InChI=1S/C17H15FN2O3/c18-11-1-6-16-15(9-11)20-17(23-16)19-12-2-4-13(5-3-12)22-14-7-8-21-10-14/h1-6,9,14H,7-8,10H2,(H,19,20). The van der Waals surface area contributed by atoms with Crippen LogP contribution in [0.15, 0.2) is 46.9 Å². The molecule has 2 heterocycles. The Morgan fingerprint density at radius 3 is 2.83 bits per heavy atom. The summed E-state index contributed by atoms with van der Waals surface area (Å²) in [5.41, 5.74) is 1.83. The fourth-order valence-electron chi connectivity index (χ4n) is 2.49. The number of halogens is 1. The average Bonchev–Trinajstić information content (AvgIpc) is 3.18. The van der Waals surface area contributed by atoms with Crippen molar-refractivity contribution < 1.29 is 18.3 Å². The van der Waals surface area contributed by atoms with Crippen molar-refractivity contribution in [2.75, 3.05) is 18.5 Å². The summed E-state index contributed by atoms with van der Waals surface area (Å²) in [5, 5.41) is 3.05. The first-order chi connectivity index (χ1) is 11.3. The lowest BCUT2D eigenvalue weighted by Crippen LogP contribution is -2.15. The van der Waals surface area contributed by atoms with Gasteiger partial charge in [0.05, 0.1) is 13.2 Å². The second-order valence-corrected chi connectivity index (χ2v) is 5.38. The predicted molar refractivity (Wildman–Crippen MR) is 83.5 cm³/mol. The molecule has 1 aromatic heterocycles. The predicted octanol–water partition coefficient (Wildman–Crippen LogP) is 3.88. The Kier molecular flexibility index (Phi) is 3.59. The molecule has 0 radical (unpaired) electrons. The lowest BCUT2D eigenvalue weighted by atomic mass is 10.3. The second kappa shape index (κ2) is 5.89. The maximum Gasteiger partial charge on any atom is 0.300 e. The zero-order valence-corrected chi connectivity index (χ0v) is 12.3. The highest BCUT2D eigenvalue weighted by molar-refractivity contribution is 5.75. The Bertz CT molecular complexity index is 810. The molecule has 6 heteroatoms. The van der Waals surface area contributed by atoms with Gasteiger partial charge < -0.3 is 19.2 Å². The van der Waals surface area contributed by atoms with Crippen molar-refractivity contribution in [1.82, 2.24) is 4.98 Å². The van der Waals surface area contributed by atoms with Crippen LogP contribution in [0, 0.1) is 5.82 Å². The SMILES string of the molecule is Fc1ccc2oc(Nc3ccc(OC4CCOC4)cc3)nc2c1.